The van der Waals surface area contributed by atoms with Gasteiger partial charge in [0.05, 0.1) is 17.7 Å². The lowest BCUT2D eigenvalue weighted by Gasteiger charge is -2.04. The van der Waals surface area contributed by atoms with E-state index in [1.165, 1.54) is 12.3 Å². The highest BCUT2D eigenvalue weighted by atomic mass is 16.6. The summed E-state index contributed by atoms with van der Waals surface area (Å²) in [7, 11) is 0. The molecule has 3 aromatic rings. The molecular weight excluding hydrogens is 266 g/mol. The summed E-state index contributed by atoms with van der Waals surface area (Å²) >= 11 is 0. The maximum atomic E-state index is 10.9. The Balaban J connectivity index is 1.98. The van der Waals surface area contributed by atoms with E-state index in [9.17, 15) is 10.1 Å². The van der Waals surface area contributed by atoms with Crippen molar-refractivity contribution in [3.63, 3.8) is 0 Å². The summed E-state index contributed by atoms with van der Waals surface area (Å²) in [5, 5.41) is 10.9. The van der Waals surface area contributed by atoms with Crippen molar-refractivity contribution in [3.8, 4) is 0 Å². The van der Waals surface area contributed by atoms with Crippen LogP contribution >= 0.6 is 0 Å². The van der Waals surface area contributed by atoms with Crippen LogP contribution in [0.3, 0.4) is 0 Å². The standard InChI is InChI=1S/C16H11N3O2/c1-17-13-4-2-12(3-5-13)10-15-8-6-14-7-9-16(19(20)21)11-18(14)15/h2-9,11H,10H2. The summed E-state index contributed by atoms with van der Waals surface area (Å²) in [5.74, 6) is 0. The highest BCUT2D eigenvalue weighted by molar-refractivity contribution is 5.54. The summed E-state index contributed by atoms with van der Waals surface area (Å²) < 4.78 is 1.83. The average molecular weight is 277 g/mol. The summed E-state index contributed by atoms with van der Waals surface area (Å²) in [4.78, 5) is 13.8. The van der Waals surface area contributed by atoms with Crippen molar-refractivity contribution in [1.82, 2.24) is 4.40 Å². The molecule has 0 unspecified atom stereocenters. The Morgan fingerprint density at radius 1 is 1.10 bits per heavy atom. The van der Waals surface area contributed by atoms with Gasteiger partial charge in [0.1, 0.15) is 0 Å². The van der Waals surface area contributed by atoms with E-state index in [0.29, 0.717) is 12.1 Å². The molecule has 1 aromatic carbocycles. The maximum Gasteiger partial charge on any atom is 0.285 e. The number of hydrogen-bond acceptors (Lipinski definition) is 2. The van der Waals surface area contributed by atoms with Crippen LogP contribution in [0, 0.1) is 16.7 Å². The first kappa shape index (κ1) is 12.9. The number of hydrogen-bond donors (Lipinski definition) is 0. The van der Waals surface area contributed by atoms with Gasteiger partial charge in [-0.15, -0.1) is 0 Å². The van der Waals surface area contributed by atoms with Crippen molar-refractivity contribution < 1.29 is 4.92 Å². The highest BCUT2D eigenvalue weighted by Crippen LogP contribution is 2.20. The van der Waals surface area contributed by atoms with Gasteiger partial charge in [-0.05, 0) is 23.8 Å². The van der Waals surface area contributed by atoms with Crippen LogP contribution < -0.4 is 0 Å². The Bertz CT molecular complexity index is 857. The van der Waals surface area contributed by atoms with Gasteiger partial charge < -0.3 is 4.40 Å². The van der Waals surface area contributed by atoms with Crippen molar-refractivity contribution in [3.05, 3.63) is 87.5 Å². The minimum absolute atomic E-state index is 0.0725. The molecule has 0 spiro atoms. The van der Waals surface area contributed by atoms with Gasteiger partial charge in [0, 0.05) is 23.7 Å². The van der Waals surface area contributed by atoms with Crippen molar-refractivity contribution in [2.45, 2.75) is 6.42 Å². The molecule has 21 heavy (non-hydrogen) atoms. The van der Waals surface area contributed by atoms with Crippen LogP contribution in [0.4, 0.5) is 11.4 Å². The molecule has 0 fully saturated rings. The zero-order chi connectivity index (χ0) is 14.8. The predicted octanol–water partition coefficient (Wildman–Crippen LogP) is 3.99. The number of fused-ring (bicyclic) bond motifs is 1. The van der Waals surface area contributed by atoms with Crippen LogP contribution in [0.2, 0.25) is 0 Å². The van der Waals surface area contributed by atoms with Crippen LogP contribution in [-0.2, 0) is 6.42 Å². The second-order valence-electron chi connectivity index (χ2n) is 4.72. The molecule has 5 heteroatoms. The molecule has 0 saturated carbocycles. The topological polar surface area (TPSA) is 51.9 Å². The van der Waals surface area contributed by atoms with Gasteiger partial charge >= 0.3 is 0 Å². The van der Waals surface area contributed by atoms with Gasteiger partial charge in [0.25, 0.3) is 5.69 Å². The number of pyridine rings is 1. The minimum atomic E-state index is -0.395. The molecule has 0 radical (unpaired) electrons. The maximum absolute atomic E-state index is 10.9. The molecule has 3 rings (SSSR count). The van der Waals surface area contributed by atoms with E-state index >= 15 is 0 Å². The van der Waals surface area contributed by atoms with E-state index in [0.717, 1.165) is 16.8 Å². The molecule has 0 aliphatic rings. The molecule has 0 N–H and O–H groups in total. The molecule has 0 bridgehead atoms. The quantitative estimate of drug-likeness (QED) is 0.413. The smallest absolute Gasteiger partial charge is 0.285 e. The summed E-state index contributed by atoms with van der Waals surface area (Å²) in [6.45, 7) is 6.94. The third-order valence-corrected chi connectivity index (χ3v) is 3.38. The largest absolute Gasteiger partial charge is 0.314 e. The lowest BCUT2D eigenvalue weighted by molar-refractivity contribution is -0.385. The fraction of sp³-hybridized carbons (Fsp3) is 0.0625. The molecule has 0 aliphatic carbocycles. The average Bonchev–Trinajstić information content (AvgIpc) is 2.90. The third-order valence-electron chi connectivity index (χ3n) is 3.38. The molecule has 0 atom stereocenters. The van der Waals surface area contributed by atoms with Crippen LogP contribution in [0.25, 0.3) is 10.4 Å². The zero-order valence-corrected chi connectivity index (χ0v) is 11.1. The molecule has 2 aromatic heterocycles. The molecule has 5 nitrogen and oxygen atoms in total. The first-order valence-electron chi connectivity index (χ1n) is 6.38. The van der Waals surface area contributed by atoms with Gasteiger partial charge in [-0.25, -0.2) is 4.85 Å². The number of aromatic nitrogens is 1. The Morgan fingerprint density at radius 3 is 2.48 bits per heavy atom. The number of nitrogens with zero attached hydrogens (tertiary/aromatic N) is 3. The van der Waals surface area contributed by atoms with Gasteiger partial charge in [-0.1, -0.05) is 24.3 Å². The van der Waals surface area contributed by atoms with Crippen LogP contribution in [-0.4, -0.2) is 9.32 Å². The Kier molecular flexibility index (Phi) is 3.13. The normalized spacial score (nSPS) is 10.4. The lowest BCUT2D eigenvalue weighted by Crippen LogP contribution is -1.96. The van der Waals surface area contributed by atoms with Gasteiger partial charge in [0.15, 0.2) is 5.69 Å². The molecule has 0 amide bonds. The molecule has 2 heterocycles. The Labute approximate surface area is 121 Å². The lowest BCUT2D eigenvalue weighted by atomic mass is 10.1. The van der Waals surface area contributed by atoms with Gasteiger partial charge in [-0.2, -0.15) is 0 Å². The Hall–Kier alpha value is -3.13. The van der Waals surface area contributed by atoms with E-state index in [4.69, 9.17) is 6.57 Å². The highest BCUT2D eigenvalue weighted by Gasteiger charge is 2.09. The van der Waals surface area contributed by atoms with Crippen LogP contribution in [0.5, 0.6) is 0 Å². The van der Waals surface area contributed by atoms with E-state index in [1.807, 2.05) is 28.7 Å². The molecular formula is C16H11N3O2. The monoisotopic (exact) mass is 277 g/mol. The fourth-order valence-electron chi connectivity index (χ4n) is 2.30. The van der Waals surface area contributed by atoms with Crippen LogP contribution in [0.15, 0.2) is 54.7 Å². The van der Waals surface area contributed by atoms with Crippen LogP contribution in [0.1, 0.15) is 11.3 Å². The second-order valence-corrected chi connectivity index (χ2v) is 4.72. The molecule has 102 valence electrons. The summed E-state index contributed by atoms with van der Waals surface area (Å²) in [6, 6.07) is 14.5. The third kappa shape index (κ3) is 2.47. The Morgan fingerprint density at radius 2 is 1.81 bits per heavy atom. The summed E-state index contributed by atoms with van der Waals surface area (Å²) in [5.41, 5.74) is 3.64. The van der Waals surface area contributed by atoms with Gasteiger partial charge in [0.2, 0.25) is 0 Å². The molecule has 0 saturated heterocycles. The van der Waals surface area contributed by atoms with E-state index in [2.05, 4.69) is 4.85 Å². The van der Waals surface area contributed by atoms with E-state index in [1.54, 1.807) is 18.2 Å². The van der Waals surface area contributed by atoms with Gasteiger partial charge in [-0.3, -0.25) is 10.1 Å². The molecule has 0 aliphatic heterocycles. The zero-order valence-electron chi connectivity index (χ0n) is 11.1. The van der Waals surface area contributed by atoms with Crippen molar-refractivity contribution in [2.75, 3.05) is 0 Å². The number of benzene rings is 1. The predicted molar refractivity (Wildman–Crippen MR) is 79.6 cm³/mol. The van der Waals surface area contributed by atoms with E-state index < -0.39 is 4.92 Å². The summed E-state index contributed by atoms with van der Waals surface area (Å²) in [6.07, 6.45) is 2.20. The second kappa shape index (κ2) is 5.10. The van der Waals surface area contributed by atoms with E-state index in [-0.39, 0.29) is 5.69 Å². The number of rotatable bonds is 3. The first-order chi connectivity index (χ1) is 10.2. The SMILES string of the molecule is [C-]#[N+]c1ccc(Cc2ccc3ccc([N+](=O)[O-])cn23)cc1. The number of nitro groups is 1. The minimum Gasteiger partial charge on any atom is -0.314 e. The van der Waals surface area contributed by atoms with Crippen molar-refractivity contribution >= 4 is 16.9 Å². The first-order valence-corrected chi connectivity index (χ1v) is 6.38. The van der Waals surface area contributed by atoms with Crippen molar-refractivity contribution in [2.24, 2.45) is 0 Å². The van der Waals surface area contributed by atoms with Crippen molar-refractivity contribution in [1.29, 1.82) is 0 Å². The fourth-order valence-corrected chi connectivity index (χ4v) is 2.30.